The Kier molecular flexibility index (Phi) is 5.90. The van der Waals surface area contributed by atoms with Crippen molar-refractivity contribution in [1.29, 1.82) is 0 Å². The maximum Gasteiger partial charge on any atom is 0.291 e. The van der Waals surface area contributed by atoms with E-state index in [1.165, 1.54) is 0 Å². The summed E-state index contributed by atoms with van der Waals surface area (Å²) in [6.07, 6.45) is 0. The van der Waals surface area contributed by atoms with Crippen LogP contribution >= 0.6 is 11.3 Å². The predicted molar refractivity (Wildman–Crippen MR) is 107 cm³/mol. The van der Waals surface area contributed by atoms with E-state index in [2.05, 4.69) is 20.2 Å². The molecule has 1 heterocycles. The molecule has 0 radical (unpaired) electrons. The van der Waals surface area contributed by atoms with Crippen molar-refractivity contribution in [2.45, 2.75) is 18.2 Å². The number of rotatable bonds is 7. The number of hydrogen-bond donors (Lipinski definition) is 2. The minimum absolute atomic E-state index is 0.0975. The predicted octanol–water partition coefficient (Wildman–Crippen LogP) is 3.30. The average molecular weight is 419 g/mol. The molecule has 10 heteroatoms. The molecule has 146 valence electrons. The van der Waals surface area contributed by atoms with Crippen molar-refractivity contribution in [1.82, 2.24) is 10.2 Å². The van der Waals surface area contributed by atoms with Gasteiger partial charge in [0.2, 0.25) is 5.13 Å². The van der Waals surface area contributed by atoms with Crippen molar-refractivity contribution in [2.24, 2.45) is 0 Å². The highest BCUT2D eigenvalue weighted by molar-refractivity contribution is 7.94. The lowest BCUT2D eigenvalue weighted by Gasteiger charge is -2.07. The Morgan fingerprint density at radius 3 is 2.50 bits per heavy atom. The zero-order valence-corrected chi connectivity index (χ0v) is 16.8. The van der Waals surface area contributed by atoms with E-state index in [0.29, 0.717) is 23.6 Å². The summed E-state index contributed by atoms with van der Waals surface area (Å²) in [5.41, 5.74) is 1.65. The molecule has 2 N–H and O–H groups in total. The molecule has 0 saturated carbocycles. The molecule has 0 spiro atoms. The third-order valence-corrected chi connectivity index (χ3v) is 6.25. The molecule has 3 rings (SSSR count). The molecule has 0 atom stereocenters. The van der Waals surface area contributed by atoms with E-state index in [-0.39, 0.29) is 15.4 Å². The third-order valence-electron chi connectivity index (χ3n) is 3.66. The van der Waals surface area contributed by atoms with Gasteiger partial charge in [-0.05, 0) is 49.7 Å². The Morgan fingerprint density at radius 2 is 1.82 bits per heavy atom. The molecule has 0 fully saturated rings. The summed E-state index contributed by atoms with van der Waals surface area (Å²) in [4.78, 5) is 12.3. The van der Waals surface area contributed by atoms with Gasteiger partial charge in [-0.15, -0.1) is 10.2 Å². The number of benzene rings is 2. The molecule has 1 amide bonds. The van der Waals surface area contributed by atoms with Gasteiger partial charge in [0.05, 0.1) is 6.61 Å². The number of hydrogen-bond acceptors (Lipinski definition) is 7. The number of ether oxygens (including phenoxy) is 1. The van der Waals surface area contributed by atoms with Crippen molar-refractivity contribution < 1.29 is 17.9 Å². The zero-order valence-electron chi connectivity index (χ0n) is 15.2. The van der Waals surface area contributed by atoms with Gasteiger partial charge < -0.3 is 4.74 Å². The van der Waals surface area contributed by atoms with E-state index in [1.807, 2.05) is 26.0 Å². The minimum Gasteiger partial charge on any atom is -0.494 e. The summed E-state index contributed by atoms with van der Waals surface area (Å²) in [5, 5.41) is 10.1. The molecule has 0 aliphatic rings. The molecule has 2 aromatic carbocycles. The quantitative estimate of drug-likeness (QED) is 0.570. The Labute approximate surface area is 166 Å². The van der Waals surface area contributed by atoms with Crippen LogP contribution in [0.15, 0.2) is 52.9 Å². The van der Waals surface area contributed by atoms with E-state index in [4.69, 9.17) is 4.74 Å². The van der Waals surface area contributed by atoms with Gasteiger partial charge >= 0.3 is 0 Å². The van der Waals surface area contributed by atoms with E-state index >= 15 is 0 Å². The van der Waals surface area contributed by atoms with Gasteiger partial charge in [-0.3, -0.25) is 14.8 Å². The van der Waals surface area contributed by atoms with Crippen LogP contribution < -0.4 is 14.8 Å². The van der Waals surface area contributed by atoms with Crippen LogP contribution in [0.5, 0.6) is 5.75 Å². The highest BCUT2D eigenvalue weighted by Gasteiger charge is 2.21. The first-order chi connectivity index (χ1) is 13.4. The smallest absolute Gasteiger partial charge is 0.291 e. The lowest BCUT2D eigenvalue weighted by Crippen LogP contribution is -2.13. The van der Waals surface area contributed by atoms with Gasteiger partial charge in [-0.25, -0.2) is 0 Å². The second-order valence-corrected chi connectivity index (χ2v) is 8.54. The van der Waals surface area contributed by atoms with Gasteiger partial charge in [-0.2, -0.15) is 8.42 Å². The van der Waals surface area contributed by atoms with E-state index in [0.717, 1.165) is 16.9 Å². The molecular weight excluding hydrogens is 400 g/mol. The number of nitrogens with one attached hydrogen (secondary N) is 2. The number of sulfonamides is 1. The summed E-state index contributed by atoms with van der Waals surface area (Å²) in [7, 11) is -3.92. The van der Waals surface area contributed by atoms with Crippen molar-refractivity contribution >= 4 is 38.1 Å². The van der Waals surface area contributed by atoms with Gasteiger partial charge in [0.25, 0.3) is 20.3 Å². The SMILES string of the molecule is CCOc1ccc(NS(=O)(=O)c2nnc(NC(=O)c3ccccc3C)s2)cc1. The van der Waals surface area contributed by atoms with Crippen LogP contribution in [0, 0.1) is 6.92 Å². The van der Waals surface area contributed by atoms with Crippen LogP contribution in [0.2, 0.25) is 0 Å². The Bertz CT molecular complexity index is 1080. The maximum absolute atomic E-state index is 12.5. The molecule has 28 heavy (non-hydrogen) atoms. The summed E-state index contributed by atoms with van der Waals surface area (Å²) in [5.74, 6) is 0.264. The number of amides is 1. The third kappa shape index (κ3) is 4.65. The average Bonchev–Trinajstić information content (AvgIpc) is 3.13. The number of nitrogens with zero attached hydrogens (tertiary/aromatic N) is 2. The standard InChI is InChI=1S/C18H18N4O4S2/c1-3-26-14-10-8-13(9-11-14)22-28(24,25)18-21-20-17(27-18)19-16(23)15-7-5-4-6-12(15)2/h4-11,22H,3H2,1-2H3,(H,19,20,23). The van der Waals surface area contributed by atoms with Crippen LogP contribution in [-0.2, 0) is 10.0 Å². The molecule has 0 unspecified atom stereocenters. The van der Waals surface area contributed by atoms with Gasteiger partial charge in [0.1, 0.15) is 5.75 Å². The van der Waals surface area contributed by atoms with Crippen LogP contribution in [0.3, 0.4) is 0 Å². The number of carbonyl (C=O) groups excluding carboxylic acids is 1. The monoisotopic (exact) mass is 418 g/mol. The summed E-state index contributed by atoms with van der Waals surface area (Å²) in [6.45, 7) is 4.19. The molecule has 0 bridgehead atoms. The first kappa shape index (κ1) is 19.8. The lowest BCUT2D eigenvalue weighted by molar-refractivity contribution is 0.102. The van der Waals surface area contributed by atoms with Crippen LogP contribution in [0.25, 0.3) is 0 Å². The Balaban J connectivity index is 1.71. The molecule has 0 aliphatic heterocycles. The molecule has 0 saturated heterocycles. The normalized spacial score (nSPS) is 11.1. The summed E-state index contributed by atoms with van der Waals surface area (Å²) in [6, 6.07) is 13.6. The highest BCUT2D eigenvalue weighted by Crippen LogP contribution is 2.24. The molecule has 3 aromatic rings. The summed E-state index contributed by atoms with van der Waals surface area (Å²) >= 11 is 0.770. The van der Waals surface area contributed by atoms with Crippen molar-refractivity contribution in [3.63, 3.8) is 0 Å². The van der Waals surface area contributed by atoms with Gasteiger partial charge in [0, 0.05) is 11.3 Å². The molecular formula is C18H18N4O4S2. The van der Waals surface area contributed by atoms with Crippen molar-refractivity contribution in [3.8, 4) is 5.75 Å². The maximum atomic E-state index is 12.5. The van der Waals surface area contributed by atoms with E-state index in [9.17, 15) is 13.2 Å². The van der Waals surface area contributed by atoms with Crippen LogP contribution in [0.1, 0.15) is 22.8 Å². The molecule has 8 nitrogen and oxygen atoms in total. The zero-order chi connectivity index (χ0) is 20.1. The van der Waals surface area contributed by atoms with Crippen LogP contribution in [0.4, 0.5) is 10.8 Å². The molecule has 1 aromatic heterocycles. The van der Waals surface area contributed by atoms with E-state index in [1.54, 1.807) is 36.4 Å². The fourth-order valence-corrected chi connectivity index (χ4v) is 4.30. The van der Waals surface area contributed by atoms with Crippen molar-refractivity contribution in [2.75, 3.05) is 16.6 Å². The number of aromatic nitrogens is 2. The Morgan fingerprint density at radius 1 is 1.11 bits per heavy atom. The van der Waals surface area contributed by atoms with Crippen LogP contribution in [-0.4, -0.2) is 31.1 Å². The number of aryl methyl sites for hydroxylation is 1. The Hall–Kier alpha value is -2.98. The minimum atomic E-state index is -3.92. The lowest BCUT2D eigenvalue weighted by atomic mass is 10.1. The highest BCUT2D eigenvalue weighted by atomic mass is 32.2. The largest absolute Gasteiger partial charge is 0.494 e. The van der Waals surface area contributed by atoms with Gasteiger partial charge in [-0.1, -0.05) is 29.5 Å². The van der Waals surface area contributed by atoms with E-state index < -0.39 is 10.0 Å². The van der Waals surface area contributed by atoms with Crippen molar-refractivity contribution in [3.05, 3.63) is 59.7 Å². The second kappa shape index (κ2) is 8.36. The molecule has 0 aliphatic carbocycles. The first-order valence-corrected chi connectivity index (χ1v) is 10.6. The second-order valence-electron chi connectivity index (χ2n) is 5.71. The summed E-state index contributed by atoms with van der Waals surface area (Å²) < 4.78 is 32.5. The topological polar surface area (TPSA) is 110 Å². The number of anilines is 2. The van der Waals surface area contributed by atoms with Gasteiger partial charge in [0.15, 0.2) is 0 Å². The first-order valence-electron chi connectivity index (χ1n) is 8.35. The fourth-order valence-electron chi connectivity index (χ4n) is 2.35. The fraction of sp³-hybridized carbons (Fsp3) is 0.167. The number of carbonyl (C=O) groups is 1.